The molecule has 3 heteroatoms. The van der Waals surface area contributed by atoms with Crippen LogP contribution < -0.4 is 5.73 Å². The number of hydrogen-bond donors (Lipinski definition) is 1. The molecular weight excluding hydrogens is 246 g/mol. The SMILES string of the molecule is CCc1ccccc1-c1nc(C2CC2)n(C2CC2)c1N. The van der Waals surface area contributed by atoms with E-state index < -0.39 is 0 Å². The molecule has 2 saturated carbocycles. The van der Waals surface area contributed by atoms with E-state index in [1.165, 1.54) is 42.6 Å². The summed E-state index contributed by atoms with van der Waals surface area (Å²) in [5, 5.41) is 0. The lowest BCUT2D eigenvalue weighted by Crippen LogP contribution is -2.04. The molecule has 2 N–H and O–H groups in total. The van der Waals surface area contributed by atoms with Gasteiger partial charge in [-0.2, -0.15) is 0 Å². The van der Waals surface area contributed by atoms with Gasteiger partial charge in [-0.25, -0.2) is 4.98 Å². The minimum absolute atomic E-state index is 0.612. The maximum atomic E-state index is 6.47. The second-order valence-corrected chi connectivity index (χ2v) is 6.09. The first-order valence-corrected chi connectivity index (χ1v) is 7.75. The second kappa shape index (κ2) is 4.37. The second-order valence-electron chi connectivity index (χ2n) is 6.09. The normalized spacial score (nSPS) is 18.4. The van der Waals surface area contributed by atoms with Gasteiger partial charge in [0.15, 0.2) is 0 Å². The number of hydrogen-bond acceptors (Lipinski definition) is 2. The van der Waals surface area contributed by atoms with E-state index in [4.69, 9.17) is 10.7 Å². The number of aryl methyl sites for hydroxylation is 1. The molecule has 0 aliphatic heterocycles. The van der Waals surface area contributed by atoms with Crippen LogP contribution in [0.4, 0.5) is 5.82 Å². The molecule has 0 radical (unpaired) electrons. The lowest BCUT2D eigenvalue weighted by molar-refractivity contribution is 0.691. The third-order valence-electron chi connectivity index (χ3n) is 4.48. The third kappa shape index (κ3) is 1.84. The Bertz CT molecular complexity index is 648. The summed E-state index contributed by atoms with van der Waals surface area (Å²) in [6.45, 7) is 2.19. The number of benzene rings is 1. The maximum absolute atomic E-state index is 6.47. The van der Waals surface area contributed by atoms with Crippen LogP contribution in [0.2, 0.25) is 0 Å². The minimum atomic E-state index is 0.612. The Kier molecular flexibility index (Phi) is 2.62. The van der Waals surface area contributed by atoms with Crippen LogP contribution in [0.25, 0.3) is 11.3 Å². The first-order valence-electron chi connectivity index (χ1n) is 7.75. The van der Waals surface area contributed by atoms with Crippen molar-refractivity contribution in [3.63, 3.8) is 0 Å². The number of nitrogens with two attached hydrogens (primary N) is 1. The van der Waals surface area contributed by atoms with Gasteiger partial charge >= 0.3 is 0 Å². The molecule has 1 heterocycles. The largest absolute Gasteiger partial charge is 0.383 e. The minimum Gasteiger partial charge on any atom is -0.383 e. The van der Waals surface area contributed by atoms with Crippen molar-refractivity contribution in [2.24, 2.45) is 0 Å². The topological polar surface area (TPSA) is 43.8 Å². The Labute approximate surface area is 119 Å². The average molecular weight is 267 g/mol. The van der Waals surface area contributed by atoms with E-state index in [2.05, 4.69) is 35.8 Å². The summed E-state index contributed by atoms with van der Waals surface area (Å²) < 4.78 is 2.33. The van der Waals surface area contributed by atoms with Crippen LogP contribution in [-0.4, -0.2) is 9.55 Å². The van der Waals surface area contributed by atoms with Gasteiger partial charge in [-0.15, -0.1) is 0 Å². The maximum Gasteiger partial charge on any atom is 0.132 e. The molecule has 20 heavy (non-hydrogen) atoms. The number of aromatic nitrogens is 2. The predicted molar refractivity (Wildman–Crippen MR) is 81.7 cm³/mol. The van der Waals surface area contributed by atoms with Crippen molar-refractivity contribution in [3.05, 3.63) is 35.7 Å². The molecule has 0 spiro atoms. The molecule has 1 aromatic heterocycles. The fourth-order valence-corrected chi connectivity index (χ4v) is 3.07. The molecule has 0 saturated heterocycles. The highest BCUT2D eigenvalue weighted by molar-refractivity contribution is 5.74. The van der Waals surface area contributed by atoms with Crippen LogP contribution >= 0.6 is 0 Å². The van der Waals surface area contributed by atoms with E-state index in [1.54, 1.807) is 0 Å². The fraction of sp³-hybridized carbons (Fsp3) is 0.471. The number of nitrogen functional groups attached to an aromatic ring is 1. The lowest BCUT2D eigenvalue weighted by atomic mass is 10.0. The molecule has 0 unspecified atom stereocenters. The van der Waals surface area contributed by atoms with Crippen molar-refractivity contribution < 1.29 is 0 Å². The van der Waals surface area contributed by atoms with Crippen molar-refractivity contribution in [3.8, 4) is 11.3 Å². The third-order valence-corrected chi connectivity index (χ3v) is 4.48. The molecule has 1 aromatic carbocycles. The van der Waals surface area contributed by atoms with Gasteiger partial charge in [0.1, 0.15) is 17.3 Å². The highest BCUT2D eigenvalue weighted by Gasteiger charge is 2.36. The highest BCUT2D eigenvalue weighted by Crippen LogP contribution is 2.48. The highest BCUT2D eigenvalue weighted by atomic mass is 15.2. The van der Waals surface area contributed by atoms with Gasteiger partial charge in [0.2, 0.25) is 0 Å². The molecule has 2 aliphatic rings. The first kappa shape index (κ1) is 12.0. The Balaban J connectivity index is 1.87. The zero-order valence-electron chi connectivity index (χ0n) is 12.0. The molecule has 2 aromatic rings. The summed E-state index contributed by atoms with van der Waals surface area (Å²) in [6, 6.07) is 9.13. The number of nitrogens with zero attached hydrogens (tertiary/aromatic N) is 2. The summed E-state index contributed by atoms with van der Waals surface area (Å²) >= 11 is 0. The molecule has 2 aliphatic carbocycles. The molecule has 0 amide bonds. The zero-order chi connectivity index (χ0) is 13.7. The zero-order valence-corrected chi connectivity index (χ0v) is 12.0. The summed E-state index contributed by atoms with van der Waals surface area (Å²) in [6.07, 6.45) is 6.09. The van der Waals surface area contributed by atoms with E-state index in [-0.39, 0.29) is 0 Å². The number of imidazole rings is 1. The van der Waals surface area contributed by atoms with Crippen LogP contribution in [0.5, 0.6) is 0 Å². The summed E-state index contributed by atoms with van der Waals surface area (Å²) in [5.74, 6) is 2.78. The lowest BCUT2D eigenvalue weighted by Gasteiger charge is -2.08. The monoisotopic (exact) mass is 267 g/mol. The van der Waals surface area contributed by atoms with Crippen LogP contribution in [0.15, 0.2) is 24.3 Å². The average Bonchev–Trinajstić information content (AvgIpc) is 3.36. The predicted octanol–water partition coefficient (Wildman–Crippen LogP) is 3.91. The van der Waals surface area contributed by atoms with Gasteiger partial charge in [0.25, 0.3) is 0 Å². The number of anilines is 1. The summed E-state index contributed by atoms with van der Waals surface area (Å²) in [7, 11) is 0. The molecule has 4 rings (SSSR count). The van der Waals surface area contributed by atoms with Gasteiger partial charge in [0, 0.05) is 17.5 Å². The molecule has 0 bridgehead atoms. The van der Waals surface area contributed by atoms with Gasteiger partial charge in [-0.05, 0) is 37.7 Å². The standard InChI is InChI=1S/C17H21N3/c1-2-11-5-3-4-6-14(11)15-16(18)20(13-9-10-13)17(19-15)12-7-8-12/h3-6,12-13H,2,7-10,18H2,1H3. The summed E-state index contributed by atoms with van der Waals surface area (Å²) in [4.78, 5) is 4.95. The van der Waals surface area contributed by atoms with Crippen LogP contribution in [0.3, 0.4) is 0 Å². The Hall–Kier alpha value is -1.77. The van der Waals surface area contributed by atoms with Crippen LogP contribution in [0.1, 0.15) is 56.0 Å². The Morgan fingerprint density at radius 2 is 1.95 bits per heavy atom. The molecule has 2 fully saturated rings. The van der Waals surface area contributed by atoms with Crippen LogP contribution in [-0.2, 0) is 6.42 Å². The number of rotatable bonds is 4. The van der Waals surface area contributed by atoms with Crippen molar-refractivity contribution in [2.45, 2.75) is 51.0 Å². The van der Waals surface area contributed by atoms with Crippen molar-refractivity contribution in [1.82, 2.24) is 9.55 Å². The van der Waals surface area contributed by atoms with Gasteiger partial charge in [-0.3, -0.25) is 0 Å². The van der Waals surface area contributed by atoms with Gasteiger partial charge in [-0.1, -0.05) is 31.2 Å². The smallest absolute Gasteiger partial charge is 0.132 e. The molecular formula is C17H21N3. The Morgan fingerprint density at radius 3 is 2.60 bits per heavy atom. The Morgan fingerprint density at radius 1 is 1.20 bits per heavy atom. The summed E-state index contributed by atoms with van der Waals surface area (Å²) in [5.41, 5.74) is 10.0. The van der Waals surface area contributed by atoms with Gasteiger partial charge in [0.05, 0.1) is 0 Å². The van der Waals surface area contributed by atoms with Gasteiger partial charge < -0.3 is 10.3 Å². The van der Waals surface area contributed by atoms with E-state index in [0.717, 1.165) is 17.9 Å². The quantitative estimate of drug-likeness (QED) is 0.912. The molecule has 104 valence electrons. The van der Waals surface area contributed by atoms with E-state index >= 15 is 0 Å². The molecule has 0 atom stereocenters. The first-order chi connectivity index (χ1) is 9.79. The van der Waals surface area contributed by atoms with Crippen molar-refractivity contribution in [1.29, 1.82) is 0 Å². The van der Waals surface area contributed by atoms with Crippen molar-refractivity contribution >= 4 is 5.82 Å². The van der Waals surface area contributed by atoms with E-state index in [0.29, 0.717) is 12.0 Å². The fourth-order valence-electron chi connectivity index (χ4n) is 3.07. The van der Waals surface area contributed by atoms with Crippen LogP contribution in [0, 0.1) is 0 Å². The van der Waals surface area contributed by atoms with E-state index in [9.17, 15) is 0 Å². The molecule has 3 nitrogen and oxygen atoms in total. The van der Waals surface area contributed by atoms with Crippen molar-refractivity contribution in [2.75, 3.05) is 5.73 Å². The van der Waals surface area contributed by atoms with E-state index in [1.807, 2.05) is 0 Å².